The Labute approximate surface area is 117 Å². The number of para-hydroxylation sites is 1. The Kier molecular flexibility index (Phi) is 3.14. The largest absolute Gasteiger partial charge is 0.453 e. The number of furan rings is 1. The summed E-state index contributed by atoms with van der Waals surface area (Å²) >= 11 is 0. The van der Waals surface area contributed by atoms with Crippen molar-refractivity contribution < 1.29 is 4.42 Å². The van der Waals surface area contributed by atoms with Crippen LogP contribution in [-0.4, -0.2) is 17.0 Å². The minimum atomic E-state index is 0.341. The van der Waals surface area contributed by atoms with Gasteiger partial charge in [0.05, 0.1) is 0 Å². The van der Waals surface area contributed by atoms with Crippen molar-refractivity contribution in [2.45, 2.75) is 19.8 Å². The number of fused-ring (bicyclic) bond motifs is 1. The van der Waals surface area contributed by atoms with E-state index >= 15 is 0 Å². The van der Waals surface area contributed by atoms with Crippen LogP contribution >= 0.6 is 0 Å². The van der Waals surface area contributed by atoms with Gasteiger partial charge in [-0.2, -0.15) is 0 Å². The first-order chi connectivity index (χ1) is 9.67. The van der Waals surface area contributed by atoms with Gasteiger partial charge in [0.2, 0.25) is 0 Å². The Balaban J connectivity index is 2.14. The molecule has 0 aliphatic carbocycles. The summed E-state index contributed by atoms with van der Waals surface area (Å²) in [6.07, 6.45) is 0. The molecule has 0 atom stereocenters. The Morgan fingerprint density at radius 1 is 1.10 bits per heavy atom. The van der Waals surface area contributed by atoms with Crippen molar-refractivity contribution in [3.63, 3.8) is 0 Å². The summed E-state index contributed by atoms with van der Waals surface area (Å²) in [5.74, 6) is 2.47. The predicted octanol–water partition coefficient (Wildman–Crippen LogP) is 4.05. The van der Waals surface area contributed by atoms with Gasteiger partial charge >= 0.3 is 0 Å². The highest BCUT2D eigenvalue weighted by Gasteiger charge is 2.12. The van der Waals surface area contributed by atoms with Crippen LogP contribution in [0.5, 0.6) is 0 Å². The number of rotatable bonds is 3. The first-order valence-electron chi connectivity index (χ1n) is 6.73. The van der Waals surface area contributed by atoms with Gasteiger partial charge in [0, 0.05) is 24.2 Å². The third-order valence-corrected chi connectivity index (χ3v) is 3.24. The second-order valence-corrected chi connectivity index (χ2v) is 5.05. The van der Waals surface area contributed by atoms with Crippen molar-refractivity contribution in [2.24, 2.45) is 0 Å². The number of hydrogen-bond acceptors (Lipinski definition) is 4. The van der Waals surface area contributed by atoms with Gasteiger partial charge in [0.25, 0.3) is 0 Å². The van der Waals surface area contributed by atoms with Gasteiger partial charge in [0.15, 0.2) is 11.6 Å². The second kappa shape index (κ2) is 4.96. The van der Waals surface area contributed by atoms with Crippen LogP contribution in [0, 0.1) is 0 Å². The molecule has 1 aromatic carbocycles. The topological polar surface area (TPSA) is 51.0 Å². The standard InChI is InChI=1S/C16H17N3O/c1-10(2)12-9-15(17-3)19-16(18-12)14-8-11-6-4-5-7-13(11)20-14/h4-10H,1-3H3,(H,17,18,19). The van der Waals surface area contributed by atoms with Gasteiger partial charge in [-0.3, -0.25) is 0 Å². The van der Waals surface area contributed by atoms with Crippen LogP contribution in [0.1, 0.15) is 25.5 Å². The molecule has 4 nitrogen and oxygen atoms in total. The van der Waals surface area contributed by atoms with Gasteiger partial charge in [-0.05, 0) is 18.1 Å². The summed E-state index contributed by atoms with van der Waals surface area (Å²) in [4.78, 5) is 9.09. The Morgan fingerprint density at radius 3 is 2.60 bits per heavy atom. The molecule has 102 valence electrons. The molecule has 0 fully saturated rings. The number of aromatic nitrogens is 2. The zero-order valence-corrected chi connectivity index (χ0v) is 11.8. The summed E-state index contributed by atoms with van der Waals surface area (Å²) < 4.78 is 5.84. The van der Waals surface area contributed by atoms with Crippen molar-refractivity contribution in [3.8, 4) is 11.6 Å². The van der Waals surface area contributed by atoms with E-state index in [1.165, 1.54) is 0 Å². The molecule has 3 aromatic rings. The van der Waals surface area contributed by atoms with E-state index in [2.05, 4.69) is 29.1 Å². The predicted molar refractivity (Wildman–Crippen MR) is 80.9 cm³/mol. The molecular formula is C16H17N3O. The highest BCUT2D eigenvalue weighted by atomic mass is 16.3. The highest BCUT2D eigenvalue weighted by molar-refractivity contribution is 5.81. The van der Waals surface area contributed by atoms with Crippen molar-refractivity contribution in [1.29, 1.82) is 0 Å². The van der Waals surface area contributed by atoms with Crippen LogP contribution in [0.4, 0.5) is 5.82 Å². The van der Waals surface area contributed by atoms with Crippen LogP contribution in [0.25, 0.3) is 22.6 Å². The Bertz CT molecular complexity index is 713. The molecule has 0 amide bonds. The van der Waals surface area contributed by atoms with E-state index in [0.717, 1.165) is 22.5 Å². The normalized spacial score (nSPS) is 11.2. The zero-order chi connectivity index (χ0) is 14.1. The summed E-state index contributed by atoms with van der Waals surface area (Å²) in [5, 5.41) is 4.14. The average molecular weight is 267 g/mol. The Hall–Kier alpha value is -2.36. The van der Waals surface area contributed by atoms with E-state index in [1.54, 1.807) is 0 Å². The maximum absolute atomic E-state index is 5.84. The van der Waals surface area contributed by atoms with Crippen molar-refractivity contribution >= 4 is 16.8 Å². The Morgan fingerprint density at radius 2 is 1.90 bits per heavy atom. The van der Waals surface area contributed by atoms with Gasteiger partial charge in [-0.1, -0.05) is 32.0 Å². The molecular weight excluding hydrogens is 250 g/mol. The van der Waals surface area contributed by atoms with Crippen LogP contribution in [0.2, 0.25) is 0 Å². The van der Waals surface area contributed by atoms with E-state index < -0.39 is 0 Å². The summed E-state index contributed by atoms with van der Waals surface area (Å²) in [6, 6.07) is 11.9. The smallest absolute Gasteiger partial charge is 0.197 e. The van der Waals surface area contributed by atoms with E-state index in [0.29, 0.717) is 17.5 Å². The molecule has 0 saturated heterocycles. The summed E-state index contributed by atoms with van der Waals surface area (Å²) in [7, 11) is 1.86. The molecule has 2 aromatic heterocycles. The lowest BCUT2D eigenvalue weighted by atomic mass is 10.1. The lowest BCUT2D eigenvalue weighted by molar-refractivity contribution is 0.624. The molecule has 20 heavy (non-hydrogen) atoms. The van der Waals surface area contributed by atoms with Crippen LogP contribution in [0.15, 0.2) is 40.8 Å². The van der Waals surface area contributed by atoms with E-state index in [9.17, 15) is 0 Å². The van der Waals surface area contributed by atoms with E-state index in [4.69, 9.17) is 4.42 Å². The molecule has 2 heterocycles. The molecule has 0 unspecified atom stereocenters. The maximum Gasteiger partial charge on any atom is 0.197 e. The molecule has 0 aliphatic rings. The number of benzene rings is 1. The van der Waals surface area contributed by atoms with Gasteiger partial charge in [-0.25, -0.2) is 9.97 Å². The zero-order valence-electron chi connectivity index (χ0n) is 11.8. The lowest BCUT2D eigenvalue weighted by Crippen LogP contribution is -2.01. The van der Waals surface area contributed by atoms with E-state index in [-0.39, 0.29) is 0 Å². The number of nitrogens with zero attached hydrogens (tertiary/aromatic N) is 2. The quantitative estimate of drug-likeness (QED) is 0.777. The van der Waals surface area contributed by atoms with Crippen molar-refractivity contribution in [2.75, 3.05) is 12.4 Å². The minimum absolute atomic E-state index is 0.341. The van der Waals surface area contributed by atoms with E-state index in [1.807, 2.05) is 43.4 Å². The fourth-order valence-corrected chi connectivity index (χ4v) is 2.09. The molecule has 0 radical (unpaired) electrons. The van der Waals surface area contributed by atoms with Crippen LogP contribution < -0.4 is 5.32 Å². The number of nitrogens with one attached hydrogen (secondary N) is 1. The molecule has 0 saturated carbocycles. The first kappa shape index (κ1) is 12.7. The monoisotopic (exact) mass is 267 g/mol. The summed E-state index contributed by atoms with van der Waals surface area (Å²) in [6.45, 7) is 4.23. The maximum atomic E-state index is 5.84. The van der Waals surface area contributed by atoms with Crippen molar-refractivity contribution in [3.05, 3.63) is 42.1 Å². The van der Waals surface area contributed by atoms with Gasteiger partial charge < -0.3 is 9.73 Å². The summed E-state index contributed by atoms with van der Waals surface area (Å²) in [5.41, 5.74) is 1.85. The molecule has 0 spiro atoms. The fraction of sp³-hybridized carbons (Fsp3) is 0.250. The average Bonchev–Trinajstić information content (AvgIpc) is 2.90. The third-order valence-electron chi connectivity index (χ3n) is 3.24. The molecule has 4 heteroatoms. The molecule has 1 N–H and O–H groups in total. The fourth-order valence-electron chi connectivity index (χ4n) is 2.09. The molecule has 0 bridgehead atoms. The van der Waals surface area contributed by atoms with Crippen LogP contribution in [-0.2, 0) is 0 Å². The van der Waals surface area contributed by atoms with Gasteiger partial charge in [0.1, 0.15) is 11.4 Å². The minimum Gasteiger partial charge on any atom is -0.453 e. The second-order valence-electron chi connectivity index (χ2n) is 5.05. The number of hydrogen-bond donors (Lipinski definition) is 1. The highest BCUT2D eigenvalue weighted by Crippen LogP contribution is 2.27. The first-order valence-corrected chi connectivity index (χ1v) is 6.73. The lowest BCUT2D eigenvalue weighted by Gasteiger charge is -2.08. The molecule has 0 aliphatic heterocycles. The third kappa shape index (κ3) is 2.25. The van der Waals surface area contributed by atoms with Crippen LogP contribution in [0.3, 0.4) is 0 Å². The molecule has 3 rings (SSSR count). The van der Waals surface area contributed by atoms with Gasteiger partial charge in [-0.15, -0.1) is 0 Å². The number of anilines is 1. The SMILES string of the molecule is CNc1cc(C(C)C)nc(-c2cc3ccccc3o2)n1. The van der Waals surface area contributed by atoms with Crippen molar-refractivity contribution in [1.82, 2.24) is 9.97 Å².